The smallest absolute Gasteiger partial charge is 0.244 e. The standard InChI is InChI=1S/C15H21NO2S/c1-15(18,13-8-5-9-19-13)11-16-14(17)10-12-6-3-2-4-7-12/h5,8-10,18H,2-4,6-7,11H2,1H3,(H,16,17)/t15-/m0/s1. The van der Waals surface area contributed by atoms with Crippen molar-refractivity contribution >= 4 is 17.2 Å². The predicted molar refractivity (Wildman–Crippen MR) is 78.1 cm³/mol. The van der Waals surface area contributed by atoms with E-state index in [0.29, 0.717) is 0 Å². The molecule has 1 saturated carbocycles. The lowest BCUT2D eigenvalue weighted by molar-refractivity contribution is -0.117. The van der Waals surface area contributed by atoms with Crippen LogP contribution >= 0.6 is 11.3 Å². The molecule has 0 unspecified atom stereocenters. The van der Waals surface area contributed by atoms with Crippen LogP contribution < -0.4 is 5.32 Å². The Morgan fingerprint density at radius 2 is 2.21 bits per heavy atom. The highest BCUT2D eigenvalue weighted by Crippen LogP contribution is 2.25. The molecule has 2 N–H and O–H groups in total. The van der Waals surface area contributed by atoms with E-state index in [4.69, 9.17) is 0 Å². The number of nitrogens with one attached hydrogen (secondary N) is 1. The van der Waals surface area contributed by atoms with Crippen molar-refractivity contribution in [1.82, 2.24) is 5.32 Å². The van der Waals surface area contributed by atoms with Crippen molar-refractivity contribution in [2.75, 3.05) is 6.54 Å². The van der Waals surface area contributed by atoms with Crippen molar-refractivity contribution in [3.05, 3.63) is 34.0 Å². The third kappa shape index (κ3) is 4.18. The van der Waals surface area contributed by atoms with Crippen molar-refractivity contribution in [2.24, 2.45) is 0 Å². The number of hydrogen-bond donors (Lipinski definition) is 2. The first-order valence-electron chi connectivity index (χ1n) is 6.81. The summed E-state index contributed by atoms with van der Waals surface area (Å²) >= 11 is 1.50. The number of aliphatic hydroxyl groups is 1. The summed E-state index contributed by atoms with van der Waals surface area (Å²) in [6.45, 7) is 1.98. The first kappa shape index (κ1) is 14.3. The summed E-state index contributed by atoms with van der Waals surface area (Å²) in [6, 6.07) is 3.79. The molecule has 1 fully saturated rings. The van der Waals surface area contributed by atoms with E-state index in [1.54, 1.807) is 13.0 Å². The topological polar surface area (TPSA) is 49.3 Å². The van der Waals surface area contributed by atoms with Crippen LogP contribution in [0, 0.1) is 0 Å². The van der Waals surface area contributed by atoms with Crippen LogP contribution in [0.4, 0.5) is 0 Å². The zero-order chi connectivity index (χ0) is 13.7. The molecule has 19 heavy (non-hydrogen) atoms. The van der Waals surface area contributed by atoms with Gasteiger partial charge in [0, 0.05) is 11.0 Å². The second-order valence-corrected chi connectivity index (χ2v) is 6.28. The molecule has 0 radical (unpaired) electrons. The molecule has 1 aliphatic rings. The lowest BCUT2D eigenvalue weighted by atomic mass is 9.94. The summed E-state index contributed by atoms with van der Waals surface area (Å²) in [5.74, 6) is -0.0891. The molecule has 1 aromatic rings. The highest BCUT2D eigenvalue weighted by molar-refractivity contribution is 7.10. The van der Waals surface area contributed by atoms with Gasteiger partial charge in [-0.15, -0.1) is 11.3 Å². The van der Waals surface area contributed by atoms with Crippen LogP contribution in [-0.4, -0.2) is 17.6 Å². The summed E-state index contributed by atoms with van der Waals surface area (Å²) in [4.78, 5) is 12.7. The maximum atomic E-state index is 11.8. The molecule has 1 aliphatic carbocycles. The van der Waals surface area contributed by atoms with Crippen LogP contribution in [0.25, 0.3) is 0 Å². The van der Waals surface area contributed by atoms with Crippen molar-refractivity contribution < 1.29 is 9.90 Å². The van der Waals surface area contributed by atoms with Crippen molar-refractivity contribution in [3.8, 4) is 0 Å². The second kappa shape index (κ2) is 6.35. The van der Waals surface area contributed by atoms with Gasteiger partial charge in [0.15, 0.2) is 0 Å². The second-order valence-electron chi connectivity index (χ2n) is 5.33. The summed E-state index contributed by atoms with van der Waals surface area (Å²) in [5.41, 5.74) is 0.244. The Hall–Kier alpha value is -1.13. The Labute approximate surface area is 118 Å². The van der Waals surface area contributed by atoms with E-state index in [0.717, 1.165) is 17.7 Å². The quantitative estimate of drug-likeness (QED) is 0.833. The van der Waals surface area contributed by atoms with Crippen molar-refractivity contribution in [3.63, 3.8) is 0 Å². The fraction of sp³-hybridized carbons (Fsp3) is 0.533. The normalized spacial score (nSPS) is 18.7. The largest absolute Gasteiger partial charge is 0.383 e. The number of carbonyl (C=O) groups excluding carboxylic acids is 1. The minimum Gasteiger partial charge on any atom is -0.383 e. The Balaban J connectivity index is 1.86. The van der Waals surface area contributed by atoms with E-state index >= 15 is 0 Å². The SMILES string of the molecule is C[C@](O)(CNC(=O)C=C1CCCCC1)c1cccs1. The molecule has 0 spiro atoms. The fourth-order valence-electron chi connectivity index (χ4n) is 2.32. The van der Waals surface area contributed by atoms with E-state index in [9.17, 15) is 9.90 Å². The molecule has 2 rings (SSSR count). The number of amides is 1. The molecule has 1 aromatic heterocycles. The van der Waals surface area contributed by atoms with Gasteiger partial charge >= 0.3 is 0 Å². The number of allylic oxidation sites excluding steroid dienone is 1. The average Bonchev–Trinajstić information content (AvgIpc) is 2.92. The van der Waals surface area contributed by atoms with E-state index in [1.165, 1.54) is 36.2 Å². The lowest BCUT2D eigenvalue weighted by Crippen LogP contribution is -2.37. The Bertz CT molecular complexity index is 441. The van der Waals surface area contributed by atoms with E-state index in [-0.39, 0.29) is 12.5 Å². The zero-order valence-electron chi connectivity index (χ0n) is 11.3. The molecular formula is C15H21NO2S. The van der Waals surface area contributed by atoms with Gasteiger partial charge in [-0.3, -0.25) is 4.79 Å². The Kier molecular flexibility index (Phi) is 4.77. The zero-order valence-corrected chi connectivity index (χ0v) is 12.1. The van der Waals surface area contributed by atoms with Gasteiger partial charge < -0.3 is 10.4 Å². The predicted octanol–water partition coefficient (Wildman–Crippen LogP) is 2.96. The van der Waals surface area contributed by atoms with Crippen LogP contribution in [0.2, 0.25) is 0 Å². The number of rotatable bonds is 4. The van der Waals surface area contributed by atoms with Crippen molar-refractivity contribution in [1.29, 1.82) is 0 Å². The monoisotopic (exact) mass is 279 g/mol. The van der Waals surface area contributed by atoms with Gasteiger partial charge in [0.1, 0.15) is 5.60 Å². The lowest BCUT2D eigenvalue weighted by Gasteiger charge is -2.22. The fourth-order valence-corrected chi connectivity index (χ4v) is 3.10. The molecule has 0 bridgehead atoms. The highest BCUT2D eigenvalue weighted by atomic mass is 32.1. The Morgan fingerprint density at radius 1 is 1.47 bits per heavy atom. The van der Waals surface area contributed by atoms with Crippen LogP contribution in [0.5, 0.6) is 0 Å². The molecule has 1 atom stereocenters. The third-order valence-electron chi connectivity index (χ3n) is 3.49. The number of thiophene rings is 1. The first-order chi connectivity index (χ1) is 9.08. The molecule has 4 heteroatoms. The van der Waals surface area contributed by atoms with Crippen LogP contribution in [0.15, 0.2) is 29.2 Å². The van der Waals surface area contributed by atoms with Crippen LogP contribution in [-0.2, 0) is 10.4 Å². The van der Waals surface area contributed by atoms with Crippen LogP contribution in [0.1, 0.15) is 43.9 Å². The summed E-state index contributed by atoms with van der Waals surface area (Å²) in [5, 5.41) is 15.0. The summed E-state index contributed by atoms with van der Waals surface area (Å²) in [7, 11) is 0. The van der Waals surface area contributed by atoms with E-state index in [2.05, 4.69) is 5.32 Å². The molecule has 104 valence electrons. The van der Waals surface area contributed by atoms with Crippen LogP contribution in [0.3, 0.4) is 0 Å². The van der Waals surface area contributed by atoms with Gasteiger partial charge in [-0.05, 0) is 44.1 Å². The maximum Gasteiger partial charge on any atom is 0.244 e. The maximum absolute atomic E-state index is 11.8. The molecule has 1 amide bonds. The first-order valence-corrected chi connectivity index (χ1v) is 7.69. The van der Waals surface area contributed by atoms with E-state index < -0.39 is 5.60 Å². The Morgan fingerprint density at radius 3 is 2.84 bits per heavy atom. The van der Waals surface area contributed by atoms with Gasteiger partial charge in [-0.2, -0.15) is 0 Å². The van der Waals surface area contributed by atoms with Crippen molar-refractivity contribution in [2.45, 2.75) is 44.6 Å². The van der Waals surface area contributed by atoms with Gasteiger partial charge in [0.25, 0.3) is 0 Å². The molecule has 0 aliphatic heterocycles. The van der Waals surface area contributed by atoms with Gasteiger partial charge in [0.05, 0.1) is 6.54 Å². The molecule has 0 saturated heterocycles. The summed E-state index contributed by atoms with van der Waals surface area (Å²) < 4.78 is 0. The highest BCUT2D eigenvalue weighted by Gasteiger charge is 2.24. The van der Waals surface area contributed by atoms with Gasteiger partial charge in [-0.25, -0.2) is 0 Å². The molecule has 1 heterocycles. The minimum atomic E-state index is -0.991. The molecule has 0 aromatic carbocycles. The minimum absolute atomic E-state index is 0.0891. The number of carbonyl (C=O) groups is 1. The molecular weight excluding hydrogens is 258 g/mol. The summed E-state index contributed by atoms with van der Waals surface area (Å²) in [6.07, 6.45) is 7.43. The van der Waals surface area contributed by atoms with Gasteiger partial charge in [0.2, 0.25) is 5.91 Å². The average molecular weight is 279 g/mol. The van der Waals surface area contributed by atoms with Gasteiger partial charge in [-0.1, -0.05) is 18.1 Å². The number of hydrogen-bond acceptors (Lipinski definition) is 3. The van der Waals surface area contributed by atoms with E-state index in [1.807, 2.05) is 17.5 Å². The molecule has 3 nitrogen and oxygen atoms in total. The third-order valence-corrected chi connectivity index (χ3v) is 4.61.